The maximum atomic E-state index is 11.5. The van der Waals surface area contributed by atoms with E-state index in [2.05, 4.69) is 5.48 Å². The van der Waals surface area contributed by atoms with E-state index in [9.17, 15) is 4.79 Å². The third kappa shape index (κ3) is 3.93. The lowest BCUT2D eigenvalue weighted by molar-refractivity contribution is -0.0624. The highest BCUT2D eigenvalue weighted by molar-refractivity contribution is 5.73. The van der Waals surface area contributed by atoms with Crippen LogP contribution in [0.2, 0.25) is 0 Å². The molecule has 1 N–H and O–H groups in total. The molecule has 1 fully saturated rings. The van der Waals surface area contributed by atoms with Gasteiger partial charge < -0.3 is 9.64 Å². The Morgan fingerprint density at radius 3 is 2.43 bits per heavy atom. The number of nitrogens with zero attached hydrogens (tertiary/aromatic N) is 1. The summed E-state index contributed by atoms with van der Waals surface area (Å²) in [4.78, 5) is 18.3. The third-order valence-electron chi connectivity index (χ3n) is 1.74. The first kappa shape index (κ1) is 11.3. The highest BCUT2D eigenvalue weighted by atomic mass is 16.7. The van der Waals surface area contributed by atoms with Gasteiger partial charge in [0.25, 0.3) is 0 Å². The zero-order valence-electron chi connectivity index (χ0n) is 9.00. The van der Waals surface area contributed by atoms with Gasteiger partial charge in [-0.15, -0.1) is 0 Å². The number of ether oxygens (including phenoxy) is 1. The van der Waals surface area contributed by atoms with Crippen molar-refractivity contribution in [2.45, 2.75) is 26.4 Å². The Morgan fingerprint density at radius 1 is 1.36 bits per heavy atom. The minimum Gasteiger partial charge on any atom is -0.378 e. The van der Waals surface area contributed by atoms with E-state index in [1.54, 1.807) is 4.90 Å². The lowest BCUT2D eigenvalue weighted by atomic mass is 10.2. The molecule has 2 amide bonds. The third-order valence-corrected chi connectivity index (χ3v) is 1.74. The van der Waals surface area contributed by atoms with Crippen LogP contribution in [0.15, 0.2) is 0 Å². The van der Waals surface area contributed by atoms with Crippen molar-refractivity contribution in [3.05, 3.63) is 0 Å². The number of nitrogens with one attached hydrogen (secondary N) is 1. The molecule has 1 aliphatic heterocycles. The van der Waals surface area contributed by atoms with Crippen molar-refractivity contribution in [2.75, 3.05) is 26.3 Å². The Balaban J connectivity index is 2.27. The van der Waals surface area contributed by atoms with Crippen LogP contribution in [0.3, 0.4) is 0 Å². The molecule has 0 aromatic rings. The van der Waals surface area contributed by atoms with Gasteiger partial charge in [-0.3, -0.25) is 4.84 Å². The van der Waals surface area contributed by atoms with Crippen LogP contribution in [0.5, 0.6) is 0 Å². The molecule has 1 rings (SSSR count). The van der Waals surface area contributed by atoms with E-state index in [0.29, 0.717) is 26.3 Å². The number of urea groups is 1. The van der Waals surface area contributed by atoms with Crippen LogP contribution in [0, 0.1) is 0 Å². The molecule has 0 aromatic heterocycles. The first-order valence-corrected chi connectivity index (χ1v) is 4.80. The Morgan fingerprint density at radius 2 is 1.93 bits per heavy atom. The van der Waals surface area contributed by atoms with E-state index < -0.39 is 0 Å². The summed E-state index contributed by atoms with van der Waals surface area (Å²) in [5.41, 5.74) is 2.06. The highest BCUT2D eigenvalue weighted by Crippen LogP contribution is 2.04. The molecule has 0 bridgehead atoms. The second-order valence-electron chi connectivity index (χ2n) is 4.22. The summed E-state index contributed by atoms with van der Waals surface area (Å²) in [6.45, 7) is 8.09. The lowest BCUT2D eigenvalue weighted by Gasteiger charge is -2.28. The summed E-state index contributed by atoms with van der Waals surface area (Å²) in [6.07, 6.45) is 0. The molecular formula is C9H18N2O3. The van der Waals surface area contributed by atoms with Crippen LogP contribution >= 0.6 is 0 Å². The summed E-state index contributed by atoms with van der Waals surface area (Å²) in [5, 5.41) is 0. The fraction of sp³-hybridized carbons (Fsp3) is 0.889. The fourth-order valence-electron chi connectivity index (χ4n) is 1.03. The predicted octanol–water partition coefficient (Wildman–Crippen LogP) is 0.758. The summed E-state index contributed by atoms with van der Waals surface area (Å²) in [5.74, 6) is 0. The Kier molecular flexibility index (Phi) is 3.71. The van der Waals surface area contributed by atoms with Crippen molar-refractivity contribution in [2.24, 2.45) is 0 Å². The first-order chi connectivity index (χ1) is 6.49. The van der Waals surface area contributed by atoms with Gasteiger partial charge in [0.15, 0.2) is 0 Å². The summed E-state index contributed by atoms with van der Waals surface area (Å²) in [6, 6.07) is -0.191. The monoisotopic (exact) mass is 202 g/mol. The van der Waals surface area contributed by atoms with Crippen LogP contribution in [0.25, 0.3) is 0 Å². The first-order valence-electron chi connectivity index (χ1n) is 4.80. The van der Waals surface area contributed by atoms with Gasteiger partial charge in [-0.1, -0.05) is 0 Å². The quantitative estimate of drug-likeness (QED) is 0.639. The molecule has 5 heteroatoms. The van der Waals surface area contributed by atoms with E-state index in [1.807, 2.05) is 20.8 Å². The lowest BCUT2D eigenvalue weighted by Crippen LogP contribution is -2.47. The molecule has 1 saturated heterocycles. The zero-order chi connectivity index (χ0) is 10.6. The second kappa shape index (κ2) is 4.61. The molecule has 0 unspecified atom stereocenters. The molecule has 0 aliphatic carbocycles. The van der Waals surface area contributed by atoms with Crippen molar-refractivity contribution in [3.63, 3.8) is 0 Å². The average Bonchev–Trinajstić information content (AvgIpc) is 2.14. The molecular weight excluding hydrogens is 184 g/mol. The topological polar surface area (TPSA) is 50.8 Å². The maximum absolute atomic E-state index is 11.5. The zero-order valence-corrected chi connectivity index (χ0v) is 9.00. The SMILES string of the molecule is CC(C)(C)ONC(=O)N1CCOCC1. The van der Waals surface area contributed by atoms with Crippen LogP contribution in [0.1, 0.15) is 20.8 Å². The minimum absolute atomic E-state index is 0.191. The van der Waals surface area contributed by atoms with Gasteiger partial charge in [-0.2, -0.15) is 0 Å². The molecule has 5 nitrogen and oxygen atoms in total. The van der Waals surface area contributed by atoms with Crippen LogP contribution in [0.4, 0.5) is 4.79 Å². The Bertz CT molecular complexity index is 195. The summed E-state index contributed by atoms with van der Waals surface area (Å²) < 4.78 is 5.13. The van der Waals surface area contributed by atoms with Gasteiger partial charge >= 0.3 is 6.03 Å². The van der Waals surface area contributed by atoms with E-state index >= 15 is 0 Å². The van der Waals surface area contributed by atoms with E-state index in [4.69, 9.17) is 9.57 Å². The van der Waals surface area contributed by atoms with Gasteiger partial charge in [0.2, 0.25) is 0 Å². The molecule has 0 aromatic carbocycles. The largest absolute Gasteiger partial charge is 0.378 e. The molecule has 0 radical (unpaired) electrons. The van der Waals surface area contributed by atoms with Gasteiger partial charge in [0.1, 0.15) is 0 Å². The molecule has 82 valence electrons. The van der Waals surface area contributed by atoms with Crippen LogP contribution in [-0.4, -0.2) is 42.8 Å². The number of hydroxylamine groups is 1. The van der Waals surface area contributed by atoms with E-state index in [-0.39, 0.29) is 11.6 Å². The normalized spacial score (nSPS) is 18.1. The van der Waals surface area contributed by atoms with Crippen molar-refractivity contribution in [1.82, 2.24) is 10.4 Å². The van der Waals surface area contributed by atoms with Crippen molar-refractivity contribution < 1.29 is 14.4 Å². The van der Waals surface area contributed by atoms with Gasteiger partial charge in [-0.05, 0) is 20.8 Å². The Hall–Kier alpha value is -0.810. The smallest absolute Gasteiger partial charge is 0.341 e. The summed E-state index contributed by atoms with van der Waals surface area (Å²) >= 11 is 0. The van der Waals surface area contributed by atoms with Crippen molar-refractivity contribution in [1.29, 1.82) is 0 Å². The van der Waals surface area contributed by atoms with Crippen LogP contribution in [-0.2, 0) is 9.57 Å². The second-order valence-corrected chi connectivity index (χ2v) is 4.22. The number of rotatable bonds is 1. The fourth-order valence-corrected chi connectivity index (χ4v) is 1.03. The van der Waals surface area contributed by atoms with Gasteiger partial charge in [-0.25, -0.2) is 10.3 Å². The molecule has 0 saturated carbocycles. The number of carbonyl (C=O) groups is 1. The number of carbonyl (C=O) groups excluding carboxylic acids is 1. The summed E-state index contributed by atoms with van der Waals surface area (Å²) in [7, 11) is 0. The molecule has 0 spiro atoms. The highest BCUT2D eigenvalue weighted by Gasteiger charge is 2.19. The van der Waals surface area contributed by atoms with Crippen molar-refractivity contribution >= 4 is 6.03 Å². The minimum atomic E-state index is -0.359. The number of morpholine rings is 1. The van der Waals surface area contributed by atoms with Gasteiger partial charge in [0, 0.05) is 13.1 Å². The van der Waals surface area contributed by atoms with Gasteiger partial charge in [0.05, 0.1) is 18.8 Å². The Labute approximate surface area is 84.3 Å². The van der Waals surface area contributed by atoms with Crippen molar-refractivity contribution in [3.8, 4) is 0 Å². The predicted molar refractivity (Wildman–Crippen MR) is 51.8 cm³/mol. The van der Waals surface area contributed by atoms with E-state index in [0.717, 1.165) is 0 Å². The average molecular weight is 202 g/mol. The van der Waals surface area contributed by atoms with Crippen LogP contribution < -0.4 is 5.48 Å². The molecule has 1 aliphatic rings. The van der Waals surface area contributed by atoms with E-state index in [1.165, 1.54) is 0 Å². The molecule has 1 heterocycles. The number of hydrogen-bond acceptors (Lipinski definition) is 3. The number of amides is 2. The molecule has 0 atom stereocenters. The number of hydrogen-bond donors (Lipinski definition) is 1. The maximum Gasteiger partial charge on any atom is 0.341 e. The standard InChI is InChI=1S/C9H18N2O3/c1-9(2,3)14-10-8(12)11-4-6-13-7-5-11/h4-7H2,1-3H3,(H,10,12). The molecule has 14 heavy (non-hydrogen) atoms.